The molecule has 3 heteroatoms. The summed E-state index contributed by atoms with van der Waals surface area (Å²) < 4.78 is 18.8. The van der Waals surface area contributed by atoms with Crippen molar-refractivity contribution in [2.24, 2.45) is 5.92 Å². The molecule has 0 saturated heterocycles. The first-order valence-corrected chi connectivity index (χ1v) is 8.33. The molecular formula is C19H28O3. The zero-order valence-corrected chi connectivity index (χ0v) is 13.5. The molecule has 4 bridgehead atoms. The van der Waals surface area contributed by atoms with Crippen LogP contribution in [0.2, 0.25) is 0 Å². The van der Waals surface area contributed by atoms with Gasteiger partial charge in [-0.3, -0.25) is 0 Å². The Morgan fingerprint density at radius 2 is 1.00 bits per heavy atom. The van der Waals surface area contributed by atoms with Crippen molar-refractivity contribution >= 4 is 0 Å². The monoisotopic (exact) mass is 304 g/mol. The van der Waals surface area contributed by atoms with Gasteiger partial charge in [0.15, 0.2) is 0 Å². The molecule has 4 aliphatic rings. The van der Waals surface area contributed by atoms with Gasteiger partial charge in [0, 0.05) is 19.3 Å². The Morgan fingerprint density at radius 3 is 1.27 bits per heavy atom. The lowest BCUT2D eigenvalue weighted by Gasteiger charge is -2.65. The average molecular weight is 304 g/mol. The topological polar surface area (TPSA) is 27.7 Å². The summed E-state index contributed by atoms with van der Waals surface area (Å²) in [5, 5.41) is 0. The first-order valence-electron chi connectivity index (χ1n) is 8.33. The van der Waals surface area contributed by atoms with Crippen molar-refractivity contribution < 1.29 is 14.2 Å². The van der Waals surface area contributed by atoms with E-state index in [1.54, 1.807) is 0 Å². The summed E-state index contributed by atoms with van der Waals surface area (Å²) in [5.74, 6) is 0.621. The second-order valence-electron chi connectivity index (χ2n) is 7.36. The smallest absolute Gasteiger partial charge is 0.0744 e. The SMILES string of the molecule is C=CCOC12CC3CC(OCC=C)(C1)CC(OCC=C)(C3)C2. The van der Waals surface area contributed by atoms with Gasteiger partial charge < -0.3 is 14.2 Å². The van der Waals surface area contributed by atoms with Gasteiger partial charge in [-0.05, 0) is 25.2 Å². The van der Waals surface area contributed by atoms with E-state index in [1.165, 1.54) is 0 Å². The molecular weight excluding hydrogens is 276 g/mol. The van der Waals surface area contributed by atoms with Gasteiger partial charge in [0.2, 0.25) is 0 Å². The summed E-state index contributed by atoms with van der Waals surface area (Å²) >= 11 is 0. The largest absolute Gasteiger partial charge is 0.371 e. The van der Waals surface area contributed by atoms with E-state index in [0.29, 0.717) is 25.7 Å². The van der Waals surface area contributed by atoms with E-state index in [0.717, 1.165) is 38.5 Å². The van der Waals surface area contributed by atoms with E-state index in [9.17, 15) is 0 Å². The maximum atomic E-state index is 6.27. The highest BCUT2D eigenvalue weighted by molar-refractivity contribution is 5.17. The molecule has 0 amide bonds. The highest BCUT2D eigenvalue weighted by Crippen LogP contribution is 2.62. The molecule has 22 heavy (non-hydrogen) atoms. The average Bonchev–Trinajstić information content (AvgIpc) is 2.48. The van der Waals surface area contributed by atoms with Crippen molar-refractivity contribution in [1.29, 1.82) is 0 Å². The molecule has 122 valence electrons. The fourth-order valence-corrected chi connectivity index (χ4v) is 5.37. The van der Waals surface area contributed by atoms with Gasteiger partial charge in [-0.2, -0.15) is 0 Å². The van der Waals surface area contributed by atoms with Crippen LogP contribution in [-0.2, 0) is 14.2 Å². The minimum Gasteiger partial charge on any atom is -0.371 e. The molecule has 4 saturated carbocycles. The van der Waals surface area contributed by atoms with Crippen LogP contribution >= 0.6 is 0 Å². The zero-order valence-electron chi connectivity index (χ0n) is 13.5. The molecule has 4 aliphatic carbocycles. The fourth-order valence-electron chi connectivity index (χ4n) is 5.37. The predicted octanol–water partition coefficient (Wildman–Crippen LogP) is 3.81. The van der Waals surface area contributed by atoms with Gasteiger partial charge in [0.1, 0.15) is 0 Å². The van der Waals surface area contributed by atoms with Crippen LogP contribution in [0.5, 0.6) is 0 Å². The van der Waals surface area contributed by atoms with Crippen molar-refractivity contribution in [3.63, 3.8) is 0 Å². The molecule has 0 N–H and O–H groups in total. The van der Waals surface area contributed by atoms with Crippen LogP contribution in [0.3, 0.4) is 0 Å². The molecule has 3 nitrogen and oxygen atoms in total. The van der Waals surface area contributed by atoms with Crippen molar-refractivity contribution in [2.45, 2.75) is 55.3 Å². The third-order valence-electron chi connectivity index (χ3n) is 5.44. The van der Waals surface area contributed by atoms with Gasteiger partial charge in [-0.15, -0.1) is 19.7 Å². The Labute approximate surface area is 134 Å². The van der Waals surface area contributed by atoms with Crippen LogP contribution in [0.15, 0.2) is 38.0 Å². The summed E-state index contributed by atoms with van der Waals surface area (Å²) in [5.41, 5.74) is -0.345. The Hall–Kier alpha value is -0.900. The second kappa shape index (κ2) is 5.95. The van der Waals surface area contributed by atoms with E-state index < -0.39 is 0 Å². The summed E-state index contributed by atoms with van der Waals surface area (Å²) in [6.07, 6.45) is 11.8. The van der Waals surface area contributed by atoms with Crippen molar-refractivity contribution in [3.8, 4) is 0 Å². The summed E-state index contributed by atoms with van der Waals surface area (Å²) in [6.45, 7) is 13.2. The fraction of sp³-hybridized carbons (Fsp3) is 0.684. The van der Waals surface area contributed by atoms with Gasteiger partial charge in [-0.1, -0.05) is 18.2 Å². The van der Waals surface area contributed by atoms with Crippen LogP contribution in [0.1, 0.15) is 38.5 Å². The standard InChI is InChI=1S/C19H28O3/c1-4-7-20-17-10-16-11-18(13-17,21-8-5-2)15-19(12-16,14-17)22-9-6-3/h4-6,16H,1-3,7-15H2. The molecule has 4 rings (SSSR count). The number of hydrogen-bond donors (Lipinski definition) is 0. The van der Waals surface area contributed by atoms with Crippen molar-refractivity contribution in [1.82, 2.24) is 0 Å². The van der Waals surface area contributed by atoms with Crippen molar-refractivity contribution in [2.75, 3.05) is 19.8 Å². The number of rotatable bonds is 9. The molecule has 0 aliphatic heterocycles. The molecule has 0 heterocycles. The minimum atomic E-state index is -0.115. The van der Waals surface area contributed by atoms with Crippen LogP contribution < -0.4 is 0 Å². The molecule has 0 aromatic heterocycles. The van der Waals surface area contributed by atoms with E-state index in [2.05, 4.69) is 19.7 Å². The Balaban J connectivity index is 1.86. The summed E-state index contributed by atoms with van der Waals surface area (Å²) in [7, 11) is 0. The van der Waals surface area contributed by atoms with E-state index in [1.807, 2.05) is 18.2 Å². The normalized spacial score (nSPS) is 42.3. The van der Waals surface area contributed by atoms with Crippen molar-refractivity contribution in [3.05, 3.63) is 38.0 Å². The molecule has 0 spiro atoms. The Bertz CT molecular complexity index is 381. The van der Waals surface area contributed by atoms with Crippen LogP contribution in [0, 0.1) is 5.92 Å². The highest BCUT2D eigenvalue weighted by atomic mass is 16.5. The Kier molecular flexibility index (Phi) is 4.32. The summed E-state index contributed by atoms with van der Waals surface area (Å²) in [6, 6.07) is 0. The van der Waals surface area contributed by atoms with Crippen LogP contribution in [0.4, 0.5) is 0 Å². The Morgan fingerprint density at radius 1 is 0.682 bits per heavy atom. The number of hydrogen-bond acceptors (Lipinski definition) is 3. The van der Waals surface area contributed by atoms with Crippen LogP contribution in [0.25, 0.3) is 0 Å². The van der Waals surface area contributed by atoms with Crippen LogP contribution in [-0.4, -0.2) is 36.6 Å². The second-order valence-corrected chi connectivity index (χ2v) is 7.36. The first kappa shape index (κ1) is 16.0. The lowest BCUT2D eigenvalue weighted by Crippen LogP contribution is -2.68. The highest BCUT2D eigenvalue weighted by Gasteiger charge is 2.65. The minimum absolute atomic E-state index is 0.115. The quantitative estimate of drug-likeness (QED) is 0.606. The summed E-state index contributed by atoms with van der Waals surface area (Å²) in [4.78, 5) is 0. The number of ether oxygens (including phenoxy) is 3. The van der Waals surface area contributed by atoms with E-state index >= 15 is 0 Å². The van der Waals surface area contributed by atoms with Gasteiger partial charge in [0.05, 0.1) is 36.6 Å². The predicted molar refractivity (Wildman–Crippen MR) is 87.8 cm³/mol. The third-order valence-corrected chi connectivity index (χ3v) is 5.44. The van der Waals surface area contributed by atoms with E-state index in [4.69, 9.17) is 14.2 Å². The van der Waals surface area contributed by atoms with Gasteiger partial charge >= 0.3 is 0 Å². The lowest BCUT2D eigenvalue weighted by atomic mass is 9.50. The lowest BCUT2D eigenvalue weighted by molar-refractivity contribution is -0.284. The van der Waals surface area contributed by atoms with Gasteiger partial charge in [0.25, 0.3) is 0 Å². The molecule has 0 aromatic rings. The maximum absolute atomic E-state index is 6.27. The molecule has 0 aromatic carbocycles. The molecule has 4 fully saturated rings. The first-order chi connectivity index (χ1) is 10.6. The van der Waals surface area contributed by atoms with E-state index in [-0.39, 0.29) is 16.8 Å². The third kappa shape index (κ3) is 2.82. The molecule has 0 radical (unpaired) electrons. The molecule has 0 unspecified atom stereocenters. The maximum Gasteiger partial charge on any atom is 0.0744 e. The zero-order chi connectivity index (χ0) is 15.7. The molecule has 0 atom stereocenters. The van der Waals surface area contributed by atoms with Gasteiger partial charge in [-0.25, -0.2) is 0 Å².